The van der Waals surface area contributed by atoms with Crippen LogP contribution in [0.25, 0.3) is 0 Å². The van der Waals surface area contributed by atoms with Crippen molar-refractivity contribution in [3.8, 4) is 0 Å². The van der Waals surface area contributed by atoms with Gasteiger partial charge >= 0.3 is 0 Å². The highest BCUT2D eigenvalue weighted by Gasteiger charge is 2.25. The number of rotatable bonds is 6. The molecule has 0 radical (unpaired) electrons. The van der Waals surface area contributed by atoms with Gasteiger partial charge in [-0.05, 0) is 51.1 Å². The van der Waals surface area contributed by atoms with Crippen molar-refractivity contribution in [2.45, 2.75) is 24.5 Å². The van der Waals surface area contributed by atoms with Gasteiger partial charge in [-0.1, -0.05) is 17.7 Å². The molecule has 2 aromatic rings. The average molecular weight is 324 g/mol. The van der Waals surface area contributed by atoms with Crippen molar-refractivity contribution in [1.29, 1.82) is 0 Å². The summed E-state index contributed by atoms with van der Waals surface area (Å²) in [4.78, 5) is 0.996. The number of hydrogen-bond acceptors (Lipinski definition) is 4. The summed E-state index contributed by atoms with van der Waals surface area (Å²) in [6.07, 6.45) is 0.705. The SMILES string of the molecule is CCN(c1ccc(C)cc1)S(=O)(=O)c1ccc(CCN)s1. The van der Waals surface area contributed by atoms with E-state index in [0.717, 1.165) is 10.4 Å². The average Bonchev–Trinajstić information content (AvgIpc) is 2.91. The second kappa shape index (κ2) is 6.60. The number of nitrogens with two attached hydrogens (primary N) is 1. The summed E-state index contributed by atoms with van der Waals surface area (Å²) < 4.78 is 27.3. The Morgan fingerprint density at radius 1 is 1.14 bits per heavy atom. The summed E-state index contributed by atoms with van der Waals surface area (Å²) in [6, 6.07) is 11.0. The van der Waals surface area contributed by atoms with E-state index in [1.807, 2.05) is 44.2 Å². The molecular formula is C15H20N2O2S2. The molecule has 114 valence electrons. The van der Waals surface area contributed by atoms with E-state index >= 15 is 0 Å². The van der Waals surface area contributed by atoms with E-state index in [1.54, 1.807) is 6.07 Å². The Labute approximate surface area is 130 Å². The van der Waals surface area contributed by atoms with Gasteiger partial charge in [0.15, 0.2) is 0 Å². The number of aryl methyl sites for hydroxylation is 1. The van der Waals surface area contributed by atoms with E-state index in [1.165, 1.54) is 15.6 Å². The van der Waals surface area contributed by atoms with E-state index in [2.05, 4.69) is 0 Å². The molecule has 1 aromatic carbocycles. The van der Waals surface area contributed by atoms with Crippen molar-refractivity contribution in [3.63, 3.8) is 0 Å². The number of sulfonamides is 1. The molecule has 0 spiro atoms. The second-order valence-corrected chi connectivity index (χ2v) is 8.02. The first-order valence-electron chi connectivity index (χ1n) is 6.87. The normalized spacial score (nSPS) is 11.6. The molecule has 0 aliphatic rings. The third-order valence-electron chi connectivity index (χ3n) is 3.18. The Kier molecular flexibility index (Phi) is 5.03. The summed E-state index contributed by atoms with van der Waals surface area (Å²) in [5.41, 5.74) is 7.31. The van der Waals surface area contributed by atoms with Crippen LogP contribution in [0.15, 0.2) is 40.6 Å². The van der Waals surface area contributed by atoms with Crippen LogP contribution in [0.2, 0.25) is 0 Å². The Hall–Kier alpha value is -1.37. The molecule has 0 unspecified atom stereocenters. The highest BCUT2D eigenvalue weighted by molar-refractivity contribution is 7.94. The summed E-state index contributed by atoms with van der Waals surface area (Å²) in [7, 11) is -3.50. The van der Waals surface area contributed by atoms with Crippen molar-refractivity contribution in [2.24, 2.45) is 5.73 Å². The first-order chi connectivity index (χ1) is 9.98. The zero-order valence-electron chi connectivity index (χ0n) is 12.2. The van der Waals surface area contributed by atoms with Gasteiger partial charge in [0.2, 0.25) is 0 Å². The van der Waals surface area contributed by atoms with Crippen molar-refractivity contribution in [1.82, 2.24) is 0 Å². The van der Waals surface area contributed by atoms with Crippen molar-refractivity contribution >= 4 is 27.0 Å². The lowest BCUT2D eigenvalue weighted by molar-refractivity contribution is 0.594. The number of nitrogens with zero attached hydrogens (tertiary/aromatic N) is 1. The van der Waals surface area contributed by atoms with Gasteiger partial charge in [-0.25, -0.2) is 8.42 Å². The summed E-state index contributed by atoms with van der Waals surface area (Å²) in [6.45, 7) is 4.74. The Morgan fingerprint density at radius 3 is 2.38 bits per heavy atom. The molecule has 1 aromatic heterocycles. The third-order valence-corrected chi connectivity index (χ3v) is 6.70. The molecule has 0 amide bonds. The second-order valence-electron chi connectivity index (χ2n) is 4.76. The quantitative estimate of drug-likeness (QED) is 0.888. The van der Waals surface area contributed by atoms with E-state index < -0.39 is 10.0 Å². The van der Waals surface area contributed by atoms with Gasteiger partial charge in [-0.15, -0.1) is 11.3 Å². The molecule has 0 saturated heterocycles. The standard InChI is InChI=1S/C15H20N2O2S2/c1-3-17(13-6-4-12(2)5-7-13)21(18,19)15-9-8-14(20-15)10-11-16/h4-9H,3,10-11,16H2,1-2H3. The minimum Gasteiger partial charge on any atom is -0.330 e. The minimum atomic E-state index is -3.50. The maximum atomic E-state index is 12.8. The molecule has 0 atom stereocenters. The molecule has 0 bridgehead atoms. The van der Waals surface area contributed by atoms with E-state index in [-0.39, 0.29) is 0 Å². The van der Waals surface area contributed by atoms with Gasteiger partial charge in [0, 0.05) is 11.4 Å². The van der Waals surface area contributed by atoms with Crippen LogP contribution in [-0.2, 0) is 16.4 Å². The fourth-order valence-electron chi connectivity index (χ4n) is 2.08. The van der Waals surface area contributed by atoms with Crippen molar-refractivity contribution in [2.75, 3.05) is 17.4 Å². The lowest BCUT2D eigenvalue weighted by Gasteiger charge is -2.22. The highest BCUT2D eigenvalue weighted by atomic mass is 32.2. The maximum absolute atomic E-state index is 12.8. The smallest absolute Gasteiger partial charge is 0.273 e. The van der Waals surface area contributed by atoms with Gasteiger partial charge in [0.05, 0.1) is 5.69 Å². The van der Waals surface area contributed by atoms with E-state index in [9.17, 15) is 8.42 Å². The van der Waals surface area contributed by atoms with Crippen LogP contribution >= 0.6 is 11.3 Å². The molecule has 0 aliphatic heterocycles. The number of benzene rings is 1. The molecule has 0 saturated carbocycles. The zero-order chi connectivity index (χ0) is 15.5. The van der Waals surface area contributed by atoms with E-state index in [0.29, 0.717) is 29.4 Å². The van der Waals surface area contributed by atoms with Gasteiger partial charge < -0.3 is 5.73 Å². The molecule has 0 aliphatic carbocycles. The maximum Gasteiger partial charge on any atom is 0.273 e. The number of thiophene rings is 1. The van der Waals surface area contributed by atoms with Crippen molar-refractivity contribution in [3.05, 3.63) is 46.8 Å². The molecule has 0 fully saturated rings. The summed E-state index contributed by atoms with van der Waals surface area (Å²) in [5.74, 6) is 0. The third kappa shape index (κ3) is 3.45. The highest BCUT2D eigenvalue weighted by Crippen LogP contribution is 2.28. The minimum absolute atomic E-state index is 0.369. The fraction of sp³-hybridized carbons (Fsp3) is 0.333. The summed E-state index contributed by atoms with van der Waals surface area (Å²) >= 11 is 1.30. The first-order valence-corrected chi connectivity index (χ1v) is 9.13. The lowest BCUT2D eigenvalue weighted by atomic mass is 10.2. The van der Waals surface area contributed by atoms with Crippen LogP contribution < -0.4 is 10.0 Å². The Balaban J connectivity index is 2.36. The van der Waals surface area contributed by atoms with Gasteiger partial charge in [-0.3, -0.25) is 4.31 Å². The number of hydrogen-bond donors (Lipinski definition) is 1. The Bertz CT molecular complexity index is 691. The topological polar surface area (TPSA) is 63.4 Å². The van der Waals surface area contributed by atoms with Gasteiger partial charge in [0.1, 0.15) is 4.21 Å². The first kappa shape index (κ1) is 16.0. The molecule has 2 rings (SSSR count). The fourth-order valence-corrected chi connectivity index (χ4v) is 5.04. The van der Waals surface area contributed by atoms with Crippen LogP contribution in [0.5, 0.6) is 0 Å². The zero-order valence-corrected chi connectivity index (χ0v) is 13.9. The van der Waals surface area contributed by atoms with Crippen LogP contribution in [0.3, 0.4) is 0 Å². The van der Waals surface area contributed by atoms with E-state index in [4.69, 9.17) is 5.73 Å². The van der Waals surface area contributed by atoms with Crippen LogP contribution in [-0.4, -0.2) is 21.5 Å². The monoisotopic (exact) mass is 324 g/mol. The molecule has 6 heteroatoms. The number of anilines is 1. The largest absolute Gasteiger partial charge is 0.330 e. The van der Waals surface area contributed by atoms with Crippen LogP contribution in [0.4, 0.5) is 5.69 Å². The predicted octanol–water partition coefficient (Wildman–Crippen LogP) is 2.77. The van der Waals surface area contributed by atoms with Gasteiger partial charge in [-0.2, -0.15) is 0 Å². The molecular weight excluding hydrogens is 304 g/mol. The Morgan fingerprint density at radius 2 is 1.81 bits per heavy atom. The van der Waals surface area contributed by atoms with Crippen molar-refractivity contribution < 1.29 is 8.42 Å². The molecule has 1 heterocycles. The van der Waals surface area contributed by atoms with Gasteiger partial charge in [0.25, 0.3) is 10.0 Å². The predicted molar refractivity (Wildman–Crippen MR) is 88.5 cm³/mol. The lowest BCUT2D eigenvalue weighted by Crippen LogP contribution is -2.30. The van der Waals surface area contributed by atoms with Crippen LogP contribution in [0.1, 0.15) is 17.4 Å². The molecule has 21 heavy (non-hydrogen) atoms. The van der Waals surface area contributed by atoms with Crippen LogP contribution in [0, 0.1) is 6.92 Å². The summed E-state index contributed by atoms with van der Waals surface area (Å²) in [5, 5.41) is 0. The molecule has 4 nitrogen and oxygen atoms in total. The molecule has 2 N–H and O–H groups in total.